The Labute approximate surface area is 158 Å². The van der Waals surface area contributed by atoms with Crippen molar-refractivity contribution in [3.63, 3.8) is 0 Å². The molecule has 146 valence electrons. The molecule has 2 rings (SSSR count). The molecule has 0 amide bonds. The molecule has 2 aromatic rings. The molecule has 0 unspecified atom stereocenters. The van der Waals surface area contributed by atoms with E-state index in [0.29, 0.717) is 5.75 Å². The van der Waals surface area contributed by atoms with E-state index in [1.54, 1.807) is 12.1 Å². The third-order valence-electron chi connectivity index (χ3n) is 3.90. The van der Waals surface area contributed by atoms with E-state index in [-0.39, 0.29) is 22.0 Å². The fourth-order valence-corrected chi connectivity index (χ4v) is 3.50. The predicted octanol–water partition coefficient (Wildman–Crippen LogP) is 3.00. The van der Waals surface area contributed by atoms with Gasteiger partial charge in [-0.05, 0) is 38.1 Å². The Morgan fingerprint density at radius 3 is 1.89 bits per heavy atom. The predicted molar refractivity (Wildman–Crippen MR) is 99.3 cm³/mol. The monoisotopic (exact) mass is 394 g/mol. The van der Waals surface area contributed by atoms with Gasteiger partial charge in [-0.15, -0.1) is 0 Å². The van der Waals surface area contributed by atoms with E-state index in [0.717, 1.165) is 5.56 Å². The van der Waals surface area contributed by atoms with Gasteiger partial charge in [0, 0.05) is 5.56 Å². The van der Waals surface area contributed by atoms with Gasteiger partial charge in [0.05, 0.1) is 26.2 Å². The highest BCUT2D eigenvalue weighted by Gasteiger charge is 2.26. The molecule has 1 atom stereocenters. The van der Waals surface area contributed by atoms with Crippen LogP contribution in [0.2, 0.25) is 0 Å². The molecule has 0 saturated heterocycles. The van der Waals surface area contributed by atoms with E-state index in [4.69, 9.17) is 18.4 Å². The number of ketones is 1. The lowest BCUT2D eigenvalue weighted by Crippen LogP contribution is -2.24. The largest absolute Gasteiger partial charge is 0.493 e. The molecule has 0 aliphatic carbocycles. The Morgan fingerprint density at radius 2 is 1.44 bits per heavy atom. The topological polar surface area (TPSA) is 88.1 Å². The Bertz CT molecular complexity index is 893. The summed E-state index contributed by atoms with van der Waals surface area (Å²) in [6, 6.07) is 9.07. The van der Waals surface area contributed by atoms with Crippen LogP contribution in [0.25, 0.3) is 0 Å². The third-order valence-corrected chi connectivity index (χ3v) is 5.29. The van der Waals surface area contributed by atoms with Crippen molar-refractivity contribution in [2.24, 2.45) is 0 Å². The fourth-order valence-electron chi connectivity index (χ4n) is 2.45. The summed E-state index contributed by atoms with van der Waals surface area (Å²) in [5, 5.41) is 0. The number of methoxy groups -OCH3 is 3. The zero-order valence-electron chi connectivity index (χ0n) is 15.8. The molecule has 0 aliphatic rings. The molecule has 0 radical (unpaired) electrons. The zero-order valence-corrected chi connectivity index (χ0v) is 16.6. The summed E-state index contributed by atoms with van der Waals surface area (Å²) in [4.78, 5) is 12.7. The molecule has 0 saturated carbocycles. The summed E-state index contributed by atoms with van der Waals surface area (Å²) in [6.45, 7) is 3.21. The highest BCUT2D eigenvalue weighted by atomic mass is 32.2. The molecule has 0 heterocycles. The molecule has 0 spiro atoms. The SMILES string of the molecule is COc1cc(C(=O)[C@@H](C)OS(=O)(=O)c2ccc(C)cc2)cc(OC)c1OC. The summed E-state index contributed by atoms with van der Waals surface area (Å²) in [7, 11) is 0.213. The van der Waals surface area contributed by atoms with Crippen LogP contribution < -0.4 is 14.2 Å². The summed E-state index contributed by atoms with van der Waals surface area (Å²) in [6.07, 6.45) is -1.24. The molecule has 0 N–H and O–H groups in total. The zero-order chi connectivity index (χ0) is 20.2. The van der Waals surface area contributed by atoms with Gasteiger partial charge in [0.2, 0.25) is 5.75 Å². The Morgan fingerprint density at radius 1 is 0.926 bits per heavy atom. The maximum Gasteiger partial charge on any atom is 0.297 e. The number of carbonyl (C=O) groups is 1. The molecule has 27 heavy (non-hydrogen) atoms. The lowest BCUT2D eigenvalue weighted by Gasteiger charge is -2.16. The van der Waals surface area contributed by atoms with Crippen LogP contribution >= 0.6 is 0 Å². The van der Waals surface area contributed by atoms with Crippen LogP contribution in [0, 0.1) is 6.92 Å². The minimum absolute atomic E-state index is 0.0161. The van der Waals surface area contributed by atoms with Crippen molar-refractivity contribution in [1.82, 2.24) is 0 Å². The minimum atomic E-state index is -4.08. The van der Waals surface area contributed by atoms with Gasteiger partial charge in [-0.2, -0.15) is 8.42 Å². The number of rotatable bonds is 8. The summed E-state index contributed by atoms with van der Waals surface area (Å²) in [5.74, 6) is 0.366. The van der Waals surface area contributed by atoms with Gasteiger partial charge in [-0.1, -0.05) is 17.7 Å². The van der Waals surface area contributed by atoms with Gasteiger partial charge in [0.15, 0.2) is 17.3 Å². The Kier molecular flexibility index (Phi) is 6.45. The summed E-state index contributed by atoms with van der Waals surface area (Å²) < 4.78 is 45.5. The minimum Gasteiger partial charge on any atom is -0.493 e. The summed E-state index contributed by atoms with van der Waals surface area (Å²) >= 11 is 0. The molecule has 8 heteroatoms. The average Bonchev–Trinajstić information content (AvgIpc) is 2.65. The molecule has 0 bridgehead atoms. The van der Waals surface area contributed by atoms with E-state index in [2.05, 4.69) is 0 Å². The van der Waals surface area contributed by atoms with Crippen molar-refractivity contribution in [3.8, 4) is 17.2 Å². The van der Waals surface area contributed by atoms with Gasteiger partial charge < -0.3 is 14.2 Å². The number of hydrogen-bond donors (Lipinski definition) is 0. The normalized spacial score (nSPS) is 12.3. The first-order chi connectivity index (χ1) is 12.7. The number of Topliss-reactive ketones (excluding diaryl/α,β-unsaturated/α-hetero) is 1. The number of ether oxygens (including phenoxy) is 3. The van der Waals surface area contributed by atoms with Gasteiger partial charge in [0.1, 0.15) is 6.10 Å². The Balaban J connectivity index is 2.30. The van der Waals surface area contributed by atoms with Crippen molar-refractivity contribution in [1.29, 1.82) is 0 Å². The van der Waals surface area contributed by atoms with Crippen molar-refractivity contribution >= 4 is 15.9 Å². The molecule has 0 aromatic heterocycles. The van der Waals surface area contributed by atoms with Crippen LogP contribution in [0.4, 0.5) is 0 Å². The first-order valence-corrected chi connectivity index (χ1v) is 9.48. The van der Waals surface area contributed by atoms with Crippen LogP contribution in [0.3, 0.4) is 0 Å². The van der Waals surface area contributed by atoms with Gasteiger partial charge >= 0.3 is 0 Å². The highest BCUT2D eigenvalue weighted by molar-refractivity contribution is 7.86. The molecule has 7 nitrogen and oxygen atoms in total. The smallest absolute Gasteiger partial charge is 0.297 e. The lowest BCUT2D eigenvalue weighted by molar-refractivity contribution is 0.0825. The van der Waals surface area contributed by atoms with Crippen molar-refractivity contribution in [2.75, 3.05) is 21.3 Å². The quantitative estimate of drug-likeness (QED) is 0.502. The van der Waals surface area contributed by atoms with Crippen LogP contribution in [-0.4, -0.2) is 41.6 Å². The van der Waals surface area contributed by atoms with E-state index < -0.39 is 22.0 Å². The van der Waals surface area contributed by atoms with Crippen LogP contribution in [0.1, 0.15) is 22.8 Å². The van der Waals surface area contributed by atoms with E-state index in [9.17, 15) is 13.2 Å². The van der Waals surface area contributed by atoms with Crippen LogP contribution in [0.15, 0.2) is 41.3 Å². The van der Waals surface area contributed by atoms with E-state index in [1.165, 1.54) is 52.5 Å². The second kappa shape index (κ2) is 8.41. The molecule has 0 aliphatic heterocycles. The Hall–Kier alpha value is -2.58. The van der Waals surface area contributed by atoms with Gasteiger partial charge in [-0.3, -0.25) is 8.98 Å². The lowest BCUT2D eigenvalue weighted by atomic mass is 10.1. The van der Waals surface area contributed by atoms with Crippen LogP contribution in [-0.2, 0) is 14.3 Å². The number of hydrogen-bond acceptors (Lipinski definition) is 7. The van der Waals surface area contributed by atoms with Crippen molar-refractivity contribution < 1.29 is 31.6 Å². The maximum absolute atomic E-state index is 12.7. The highest BCUT2D eigenvalue weighted by Crippen LogP contribution is 2.38. The van der Waals surface area contributed by atoms with E-state index >= 15 is 0 Å². The van der Waals surface area contributed by atoms with Crippen molar-refractivity contribution in [2.45, 2.75) is 24.8 Å². The first-order valence-electron chi connectivity index (χ1n) is 8.07. The molecular weight excluding hydrogens is 372 g/mol. The first kappa shape index (κ1) is 20.7. The molecular formula is C19H22O7S. The molecule has 2 aromatic carbocycles. The number of aryl methyl sites for hydroxylation is 1. The second-order valence-electron chi connectivity index (χ2n) is 5.78. The maximum atomic E-state index is 12.7. The summed E-state index contributed by atoms with van der Waals surface area (Å²) in [5.41, 5.74) is 1.09. The van der Waals surface area contributed by atoms with Crippen molar-refractivity contribution in [3.05, 3.63) is 47.5 Å². The van der Waals surface area contributed by atoms with Gasteiger partial charge in [-0.25, -0.2) is 0 Å². The number of carbonyl (C=O) groups excluding carboxylic acids is 1. The number of benzene rings is 2. The fraction of sp³-hybridized carbons (Fsp3) is 0.316. The average molecular weight is 394 g/mol. The van der Waals surface area contributed by atoms with Gasteiger partial charge in [0.25, 0.3) is 10.1 Å². The second-order valence-corrected chi connectivity index (χ2v) is 7.36. The standard InChI is InChI=1S/C19H22O7S/c1-12-6-8-15(9-7-12)27(21,22)26-13(2)18(20)14-10-16(23-3)19(25-5)17(11-14)24-4/h6-11,13H,1-5H3/t13-/m1/s1. The van der Waals surface area contributed by atoms with Crippen LogP contribution in [0.5, 0.6) is 17.2 Å². The third kappa shape index (κ3) is 4.58. The van der Waals surface area contributed by atoms with E-state index in [1.807, 2.05) is 6.92 Å². The molecule has 0 fully saturated rings.